The van der Waals surface area contributed by atoms with Crippen molar-refractivity contribution in [1.82, 2.24) is 14.3 Å². The summed E-state index contributed by atoms with van der Waals surface area (Å²) in [6, 6.07) is 12.0. The second kappa shape index (κ2) is 10.00. The molecule has 2 heterocycles. The summed E-state index contributed by atoms with van der Waals surface area (Å²) in [4.78, 5) is 3.62. The zero-order chi connectivity index (χ0) is 26.1. The van der Waals surface area contributed by atoms with Crippen molar-refractivity contribution in [1.29, 1.82) is 0 Å². The summed E-state index contributed by atoms with van der Waals surface area (Å²) in [6.07, 6.45) is -3.25. The van der Waals surface area contributed by atoms with Crippen LogP contribution in [0.25, 0.3) is 10.9 Å². The molecule has 2 aromatic heterocycles. The van der Waals surface area contributed by atoms with Crippen molar-refractivity contribution in [2.45, 2.75) is 24.5 Å². The van der Waals surface area contributed by atoms with E-state index in [1.807, 2.05) is 6.92 Å². The van der Waals surface area contributed by atoms with Gasteiger partial charge in [-0.25, -0.2) is 12.4 Å². The van der Waals surface area contributed by atoms with Crippen molar-refractivity contribution in [2.24, 2.45) is 0 Å². The quantitative estimate of drug-likeness (QED) is 0.275. The molecule has 0 atom stereocenters. The number of halogens is 4. The lowest BCUT2D eigenvalue weighted by molar-refractivity contribution is -0.137. The molecule has 0 bridgehead atoms. The molecule has 0 spiro atoms. The zero-order valence-corrected chi connectivity index (χ0v) is 20.8. The van der Waals surface area contributed by atoms with Gasteiger partial charge >= 0.3 is 6.18 Å². The number of ether oxygens (including phenoxy) is 1. The maximum Gasteiger partial charge on any atom is 0.416 e. The van der Waals surface area contributed by atoms with E-state index in [4.69, 9.17) is 16.3 Å². The molecule has 0 aliphatic carbocycles. The average Bonchev–Trinajstić information content (AvgIpc) is 3.22. The molecule has 0 unspecified atom stereocenters. The highest BCUT2D eigenvalue weighted by Gasteiger charge is 2.32. The molecular formula is C24H22ClF3N4O3S. The first-order valence-corrected chi connectivity index (χ1v) is 12.6. The van der Waals surface area contributed by atoms with Crippen molar-refractivity contribution in [2.75, 3.05) is 19.0 Å². The lowest BCUT2D eigenvalue weighted by Crippen LogP contribution is -2.14. The maximum atomic E-state index is 13.5. The molecule has 2 N–H and O–H groups in total. The number of alkyl halides is 3. The van der Waals surface area contributed by atoms with Gasteiger partial charge in [0.25, 0.3) is 10.0 Å². The number of hydrogen-bond acceptors (Lipinski definition) is 6. The van der Waals surface area contributed by atoms with Crippen LogP contribution in [-0.2, 0) is 22.7 Å². The van der Waals surface area contributed by atoms with Gasteiger partial charge in [0, 0.05) is 29.9 Å². The minimum absolute atomic E-state index is 0.147. The van der Waals surface area contributed by atoms with Gasteiger partial charge < -0.3 is 15.4 Å². The standard InChI is InChI=1S/C24H22ClF3N4O3S/c1-3-29-13-15-14-32(36(33,34)18-6-4-5-16(11-18)24(26,27)28)21-12-17(7-8-19(15)21)30-20-9-10-22(35-2)31-23(20)25/h4-12,14,29-30H,3,13H2,1-2H3. The molecule has 0 saturated carbocycles. The molecule has 36 heavy (non-hydrogen) atoms. The van der Waals surface area contributed by atoms with Crippen LogP contribution in [-0.4, -0.2) is 31.0 Å². The van der Waals surface area contributed by atoms with Crippen LogP contribution in [0.1, 0.15) is 18.1 Å². The third kappa shape index (κ3) is 5.13. The number of nitrogens with zero attached hydrogens (tertiary/aromatic N) is 2. The predicted molar refractivity (Wildman–Crippen MR) is 132 cm³/mol. The lowest BCUT2D eigenvalue weighted by atomic mass is 10.1. The minimum Gasteiger partial charge on any atom is -0.481 e. The number of methoxy groups -OCH3 is 1. The Morgan fingerprint density at radius 2 is 1.89 bits per heavy atom. The van der Waals surface area contributed by atoms with E-state index < -0.39 is 26.7 Å². The molecule has 0 radical (unpaired) electrons. The fraction of sp³-hybridized carbons (Fsp3) is 0.208. The van der Waals surface area contributed by atoms with Crippen molar-refractivity contribution < 1.29 is 26.3 Å². The highest BCUT2D eigenvalue weighted by atomic mass is 35.5. The first kappa shape index (κ1) is 25.8. The van der Waals surface area contributed by atoms with E-state index >= 15 is 0 Å². The van der Waals surface area contributed by atoms with Gasteiger partial charge in [0.05, 0.1) is 28.8 Å². The second-order valence-corrected chi connectivity index (χ2v) is 9.98. The van der Waals surface area contributed by atoms with E-state index in [0.717, 1.165) is 22.2 Å². The fourth-order valence-corrected chi connectivity index (χ4v) is 5.29. The Hall–Kier alpha value is -3.28. The van der Waals surface area contributed by atoms with E-state index in [9.17, 15) is 21.6 Å². The Kier molecular flexibility index (Phi) is 7.17. The lowest BCUT2D eigenvalue weighted by Gasteiger charge is -2.12. The second-order valence-electron chi connectivity index (χ2n) is 7.81. The van der Waals surface area contributed by atoms with Crippen LogP contribution < -0.4 is 15.4 Å². The van der Waals surface area contributed by atoms with Crippen LogP contribution >= 0.6 is 11.6 Å². The van der Waals surface area contributed by atoms with Gasteiger partial charge in [0.1, 0.15) is 0 Å². The Labute approximate surface area is 210 Å². The molecule has 190 valence electrons. The Morgan fingerprint density at radius 1 is 1.11 bits per heavy atom. The van der Waals surface area contributed by atoms with Crippen molar-refractivity contribution in [3.05, 3.63) is 77.1 Å². The van der Waals surface area contributed by atoms with Crippen LogP contribution in [0.2, 0.25) is 5.15 Å². The summed E-state index contributed by atoms with van der Waals surface area (Å²) >= 11 is 6.22. The van der Waals surface area contributed by atoms with E-state index in [-0.39, 0.29) is 5.15 Å². The molecular weight excluding hydrogens is 517 g/mol. The number of benzene rings is 2. The number of nitrogens with one attached hydrogen (secondary N) is 2. The fourth-order valence-electron chi connectivity index (χ4n) is 3.67. The van der Waals surface area contributed by atoms with Crippen LogP contribution in [0.4, 0.5) is 24.5 Å². The van der Waals surface area contributed by atoms with Gasteiger partial charge in [-0.3, -0.25) is 0 Å². The molecule has 7 nitrogen and oxygen atoms in total. The molecule has 0 aliphatic rings. The molecule has 0 amide bonds. The Balaban J connectivity index is 1.83. The molecule has 4 aromatic rings. The molecule has 12 heteroatoms. The molecule has 4 rings (SSSR count). The average molecular weight is 539 g/mol. The van der Waals surface area contributed by atoms with Crippen molar-refractivity contribution >= 4 is 43.9 Å². The number of pyridine rings is 1. The highest BCUT2D eigenvalue weighted by molar-refractivity contribution is 7.90. The van der Waals surface area contributed by atoms with E-state index in [1.165, 1.54) is 13.3 Å². The van der Waals surface area contributed by atoms with Gasteiger partial charge in [-0.1, -0.05) is 30.7 Å². The first-order valence-electron chi connectivity index (χ1n) is 10.8. The van der Waals surface area contributed by atoms with Crippen LogP contribution in [0.3, 0.4) is 0 Å². The van der Waals surface area contributed by atoms with Crippen LogP contribution in [0, 0.1) is 0 Å². The third-order valence-corrected chi connectivity index (χ3v) is 7.41. The third-order valence-electron chi connectivity index (χ3n) is 5.45. The van der Waals surface area contributed by atoms with E-state index in [2.05, 4.69) is 15.6 Å². The molecule has 0 fully saturated rings. The van der Waals surface area contributed by atoms with E-state index in [0.29, 0.717) is 52.9 Å². The van der Waals surface area contributed by atoms with E-state index in [1.54, 1.807) is 30.3 Å². The number of hydrogen-bond donors (Lipinski definition) is 2. The van der Waals surface area contributed by atoms with Crippen molar-refractivity contribution in [3.63, 3.8) is 0 Å². The summed E-state index contributed by atoms with van der Waals surface area (Å²) in [7, 11) is -2.89. The summed E-state index contributed by atoms with van der Waals surface area (Å²) < 4.78 is 72.8. The van der Waals surface area contributed by atoms with Gasteiger partial charge in [-0.15, -0.1) is 0 Å². The minimum atomic E-state index is -4.68. The number of aromatic nitrogens is 2. The van der Waals surface area contributed by atoms with Gasteiger partial charge in [0.2, 0.25) is 5.88 Å². The summed E-state index contributed by atoms with van der Waals surface area (Å²) in [5.74, 6) is 0.329. The SMILES string of the molecule is CCNCc1cn(S(=O)(=O)c2cccc(C(F)(F)F)c2)c2cc(Nc3ccc(OC)nc3Cl)ccc12. The number of rotatable bonds is 8. The number of anilines is 2. The molecule has 2 aromatic carbocycles. The summed E-state index contributed by atoms with van der Waals surface area (Å²) in [5, 5.41) is 7.03. The predicted octanol–water partition coefficient (Wildman–Crippen LogP) is 5.81. The molecule has 0 aliphatic heterocycles. The van der Waals surface area contributed by atoms with Crippen molar-refractivity contribution in [3.8, 4) is 5.88 Å². The van der Waals surface area contributed by atoms with Gasteiger partial charge in [0.15, 0.2) is 5.15 Å². The number of fused-ring (bicyclic) bond motifs is 1. The summed E-state index contributed by atoms with van der Waals surface area (Å²) in [6.45, 7) is 2.93. The van der Waals surface area contributed by atoms with Gasteiger partial charge in [-0.2, -0.15) is 18.2 Å². The molecule has 0 saturated heterocycles. The topological polar surface area (TPSA) is 85.2 Å². The maximum absolute atomic E-state index is 13.5. The monoisotopic (exact) mass is 538 g/mol. The zero-order valence-electron chi connectivity index (χ0n) is 19.2. The highest BCUT2D eigenvalue weighted by Crippen LogP contribution is 2.34. The summed E-state index contributed by atoms with van der Waals surface area (Å²) in [5.41, 5.74) is 0.895. The normalized spacial score (nSPS) is 12.2. The van der Waals surface area contributed by atoms with Crippen LogP contribution in [0.5, 0.6) is 5.88 Å². The Morgan fingerprint density at radius 3 is 2.56 bits per heavy atom. The largest absolute Gasteiger partial charge is 0.481 e. The smallest absolute Gasteiger partial charge is 0.416 e. The Bertz CT molecular complexity index is 1520. The first-order chi connectivity index (χ1) is 17.0. The van der Waals surface area contributed by atoms with Gasteiger partial charge in [-0.05, 0) is 48.5 Å². The van der Waals surface area contributed by atoms with Crippen LogP contribution in [0.15, 0.2) is 65.7 Å².